The van der Waals surface area contributed by atoms with Crippen molar-refractivity contribution in [3.05, 3.63) is 34.9 Å². The summed E-state index contributed by atoms with van der Waals surface area (Å²) in [6.45, 7) is 7.83. The summed E-state index contributed by atoms with van der Waals surface area (Å²) in [5, 5.41) is 3.12. The third kappa shape index (κ3) is 4.81. The van der Waals surface area contributed by atoms with Crippen LogP contribution in [0.1, 0.15) is 61.8 Å². The normalized spacial score (nSPS) is 15.8. The fraction of sp³-hybridized carbons (Fsp3) is 0.579. The standard InChI is InChI=1S/C19H28N2O2/c1-4-17(16-10-9-14(2)15(3)13-16)20-18(22)7-5-11-21-12-6-8-19(21)23/h9-10,13,17H,4-8,11-12H2,1-3H3,(H,20,22). The van der Waals surface area contributed by atoms with Crippen LogP contribution < -0.4 is 5.32 Å². The molecule has 1 aliphatic rings. The van der Waals surface area contributed by atoms with Crippen molar-refractivity contribution in [3.8, 4) is 0 Å². The average molecular weight is 316 g/mol. The number of likely N-dealkylation sites (tertiary alicyclic amines) is 1. The Bertz CT molecular complexity index is 568. The Hall–Kier alpha value is -1.84. The molecular formula is C19H28N2O2. The maximum Gasteiger partial charge on any atom is 0.222 e. The smallest absolute Gasteiger partial charge is 0.222 e. The predicted molar refractivity (Wildman–Crippen MR) is 92.1 cm³/mol. The van der Waals surface area contributed by atoms with Gasteiger partial charge in [0.2, 0.25) is 11.8 Å². The van der Waals surface area contributed by atoms with Gasteiger partial charge in [0.15, 0.2) is 0 Å². The van der Waals surface area contributed by atoms with Crippen LogP contribution in [0.2, 0.25) is 0 Å². The molecule has 4 heteroatoms. The van der Waals surface area contributed by atoms with Crippen molar-refractivity contribution in [1.82, 2.24) is 10.2 Å². The minimum atomic E-state index is 0.0650. The van der Waals surface area contributed by atoms with Crippen LogP contribution in [0.25, 0.3) is 0 Å². The molecule has 1 aliphatic heterocycles. The largest absolute Gasteiger partial charge is 0.349 e. The number of hydrogen-bond donors (Lipinski definition) is 1. The zero-order chi connectivity index (χ0) is 16.8. The molecule has 1 N–H and O–H groups in total. The second kappa shape index (κ2) is 8.14. The Labute approximate surface area is 139 Å². The Kier molecular flexibility index (Phi) is 6.20. The molecule has 0 bridgehead atoms. The molecule has 0 radical (unpaired) electrons. The Morgan fingerprint density at radius 2 is 2.09 bits per heavy atom. The summed E-state index contributed by atoms with van der Waals surface area (Å²) >= 11 is 0. The van der Waals surface area contributed by atoms with E-state index in [9.17, 15) is 9.59 Å². The van der Waals surface area contributed by atoms with Crippen LogP contribution in [0.15, 0.2) is 18.2 Å². The highest BCUT2D eigenvalue weighted by Crippen LogP contribution is 2.20. The number of aryl methyl sites for hydroxylation is 2. The van der Waals surface area contributed by atoms with Gasteiger partial charge in [-0.25, -0.2) is 0 Å². The van der Waals surface area contributed by atoms with Gasteiger partial charge in [0.1, 0.15) is 0 Å². The summed E-state index contributed by atoms with van der Waals surface area (Å²) in [7, 11) is 0. The molecule has 1 heterocycles. The van der Waals surface area contributed by atoms with Gasteiger partial charge >= 0.3 is 0 Å². The van der Waals surface area contributed by atoms with Crippen LogP contribution in [-0.4, -0.2) is 29.8 Å². The van der Waals surface area contributed by atoms with Crippen molar-refractivity contribution < 1.29 is 9.59 Å². The van der Waals surface area contributed by atoms with E-state index >= 15 is 0 Å². The second-order valence-corrected chi connectivity index (χ2v) is 6.46. The molecule has 0 spiro atoms. The van der Waals surface area contributed by atoms with Crippen molar-refractivity contribution in [2.45, 2.75) is 58.9 Å². The number of carbonyl (C=O) groups excluding carboxylic acids is 2. The summed E-state index contributed by atoms with van der Waals surface area (Å²) in [6.07, 6.45) is 3.71. The molecule has 1 fully saturated rings. The van der Waals surface area contributed by atoms with Crippen molar-refractivity contribution in [1.29, 1.82) is 0 Å². The first-order valence-corrected chi connectivity index (χ1v) is 8.65. The molecular weight excluding hydrogens is 288 g/mol. The highest BCUT2D eigenvalue weighted by molar-refractivity contribution is 5.78. The predicted octanol–water partition coefficient (Wildman–Crippen LogP) is 3.27. The molecule has 1 aromatic rings. The number of benzene rings is 1. The first kappa shape index (κ1) is 17.5. The lowest BCUT2D eigenvalue weighted by molar-refractivity contribution is -0.128. The van der Waals surface area contributed by atoms with E-state index in [-0.39, 0.29) is 17.9 Å². The van der Waals surface area contributed by atoms with E-state index in [2.05, 4.69) is 44.3 Å². The topological polar surface area (TPSA) is 49.4 Å². The van der Waals surface area contributed by atoms with Crippen molar-refractivity contribution >= 4 is 11.8 Å². The van der Waals surface area contributed by atoms with Gasteiger partial charge in [-0.1, -0.05) is 25.1 Å². The van der Waals surface area contributed by atoms with Gasteiger partial charge in [-0.15, -0.1) is 0 Å². The van der Waals surface area contributed by atoms with Gasteiger partial charge in [0.25, 0.3) is 0 Å². The zero-order valence-corrected chi connectivity index (χ0v) is 14.5. The minimum absolute atomic E-state index is 0.0650. The van der Waals surface area contributed by atoms with Gasteiger partial charge in [-0.2, -0.15) is 0 Å². The van der Waals surface area contributed by atoms with Crippen LogP contribution in [0.4, 0.5) is 0 Å². The number of amides is 2. The summed E-state index contributed by atoms with van der Waals surface area (Å²) in [6, 6.07) is 6.43. The van der Waals surface area contributed by atoms with E-state index in [1.54, 1.807) is 0 Å². The third-order valence-electron chi connectivity index (χ3n) is 4.68. The number of carbonyl (C=O) groups is 2. The molecule has 2 rings (SSSR count). The molecule has 4 nitrogen and oxygen atoms in total. The van der Waals surface area contributed by atoms with Crippen LogP contribution in [0, 0.1) is 13.8 Å². The van der Waals surface area contributed by atoms with Gasteiger partial charge in [0, 0.05) is 25.9 Å². The van der Waals surface area contributed by atoms with Crippen LogP contribution >= 0.6 is 0 Å². The molecule has 0 aromatic heterocycles. The average Bonchev–Trinajstić information content (AvgIpc) is 2.93. The molecule has 126 valence electrons. The van der Waals surface area contributed by atoms with Crippen molar-refractivity contribution in [2.24, 2.45) is 0 Å². The third-order valence-corrected chi connectivity index (χ3v) is 4.68. The monoisotopic (exact) mass is 316 g/mol. The quantitative estimate of drug-likeness (QED) is 0.839. The summed E-state index contributed by atoms with van der Waals surface area (Å²) < 4.78 is 0. The van der Waals surface area contributed by atoms with E-state index in [0.717, 1.165) is 25.8 Å². The number of nitrogens with one attached hydrogen (secondary N) is 1. The lowest BCUT2D eigenvalue weighted by atomic mass is 9.99. The SMILES string of the molecule is CCC(NC(=O)CCCN1CCCC1=O)c1ccc(C)c(C)c1. The highest BCUT2D eigenvalue weighted by Gasteiger charge is 2.20. The van der Waals surface area contributed by atoms with E-state index in [4.69, 9.17) is 0 Å². The summed E-state index contributed by atoms with van der Waals surface area (Å²) in [5.41, 5.74) is 3.69. The maximum absolute atomic E-state index is 12.2. The molecule has 1 unspecified atom stereocenters. The molecule has 0 saturated carbocycles. The van der Waals surface area contributed by atoms with E-state index < -0.39 is 0 Å². The van der Waals surface area contributed by atoms with Crippen molar-refractivity contribution in [2.75, 3.05) is 13.1 Å². The Balaban J connectivity index is 1.82. The zero-order valence-electron chi connectivity index (χ0n) is 14.5. The van der Waals surface area contributed by atoms with Crippen molar-refractivity contribution in [3.63, 3.8) is 0 Å². The second-order valence-electron chi connectivity index (χ2n) is 6.46. The Morgan fingerprint density at radius 3 is 2.70 bits per heavy atom. The van der Waals surface area contributed by atoms with E-state index in [0.29, 0.717) is 19.4 Å². The summed E-state index contributed by atoms with van der Waals surface area (Å²) in [5.74, 6) is 0.300. The number of nitrogens with zero attached hydrogens (tertiary/aromatic N) is 1. The lowest BCUT2D eigenvalue weighted by Crippen LogP contribution is -2.30. The van der Waals surface area contributed by atoms with Gasteiger partial charge in [0.05, 0.1) is 6.04 Å². The summed E-state index contributed by atoms with van der Waals surface area (Å²) in [4.78, 5) is 25.6. The first-order valence-electron chi connectivity index (χ1n) is 8.65. The number of rotatable bonds is 7. The van der Waals surface area contributed by atoms with Gasteiger partial charge < -0.3 is 10.2 Å². The molecule has 2 amide bonds. The lowest BCUT2D eigenvalue weighted by Gasteiger charge is -2.19. The van der Waals surface area contributed by atoms with E-state index in [1.165, 1.54) is 16.7 Å². The first-order chi connectivity index (χ1) is 11.0. The molecule has 23 heavy (non-hydrogen) atoms. The van der Waals surface area contributed by atoms with Gasteiger partial charge in [-0.05, 0) is 49.8 Å². The van der Waals surface area contributed by atoms with Crippen LogP contribution in [0.3, 0.4) is 0 Å². The Morgan fingerprint density at radius 1 is 1.30 bits per heavy atom. The fourth-order valence-electron chi connectivity index (χ4n) is 3.04. The fourth-order valence-corrected chi connectivity index (χ4v) is 3.04. The molecule has 1 saturated heterocycles. The molecule has 0 aliphatic carbocycles. The minimum Gasteiger partial charge on any atom is -0.349 e. The van der Waals surface area contributed by atoms with Gasteiger partial charge in [-0.3, -0.25) is 9.59 Å². The molecule has 1 aromatic carbocycles. The van der Waals surface area contributed by atoms with Crippen LogP contribution in [0.5, 0.6) is 0 Å². The van der Waals surface area contributed by atoms with Crippen LogP contribution in [-0.2, 0) is 9.59 Å². The number of hydrogen-bond acceptors (Lipinski definition) is 2. The highest BCUT2D eigenvalue weighted by atomic mass is 16.2. The van der Waals surface area contributed by atoms with E-state index in [1.807, 2.05) is 4.90 Å². The maximum atomic E-state index is 12.2. The molecule has 1 atom stereocenters.